The minimum atomic E-state index is 0.565. The number of hydrogen-bond acceptors (Lipinski definition) is 5. The molecule has 0 aliphatic heterocycles. The summed E-state index contributed by atoms with van der Waals surface area (Å²) in [6, 6.07) is 18.2. The van der Waals surface area contributed by atoms with Gasteiger partial charge in [0, 0.05) is 30.7 Å². The van der Waals surface area contributed by atoms with Gasteiger partial charge in [-0.3, -0.25) is 0 Å². The Kier molecular flexibility index (Phi) is 5.90. The lowest BCUT2D eigenvalue weighted by molar-refractivity contribution is 0.340. The number of ether oxygens (including phenoxy) is 1. The van der Waals surface area contributed by atoms with Crippen LogP contribution in [-0.2, 0) is 0 Å². The zero-order valence-electron chi connectivity index (χ0n) is 15.6. The fourth-order valence-corrected chi connectivity index (χ4v) is 3.39. The Morgan fingerprint density at radius 3 is 2.44 bits per heavy atom. The molecule has 3 aromatic rings. The van der Waals surface area contributed by atoms with Crippen LogP contribution in [0, 0.1) is 11.3 Å². The number of aromatic nitrogens is 1. The SMILES string of the molecule is CCOc1ccc(-c2csc(/C(C#N)=C\c3ccc(N(C)C)cc3)n2)cc1. The lowest BCUT2D eigenvalue weighted by Gasteiger charge is -2.11. The van der Waals surface area contributed by atoms with Gasteiger partial charge in [0.15, 0.2) is 0 Å². The zero-order chi connectivity index (χ0) is 19.2. The molecule has 27 heavy (non-hydrogen) atoms. The normalized spacial score (nSPS) is 11.1. The molecule has 0 atom stereocenters. The summed E-state index contributed by atoms with van der Waals surface area (Å²) >= 11 is 1.48. The van der Waals surface area contributed by atoms with Gasteiger partial charge in [-0.2, -0.15) is 5.26 Å². The number of thiazole rings is 1. The summed E-state index contributed by atoms with van der Waals surface area (Å²) in [6.45, 7) is 2.61. The fourth-order valence-electron chi connectivity index (χ4n) is 2.60. The van der Waals surface area contributed by atoms with Crippen LogP contribution < -0.4 is 9.64 Å². The summed E-state index contributed by atoms with van der Waals surface area (Å²) in [6.07, 6.45) is 1.88. The van der Waals surface area contributed by atoms with Crippen molar-refractivity contribution >= 4 is 28.7 Å². The first kappa shape index (κ1) is 18.7. The molecule has 2 aromatic carbocycles. The van der Waals surface area contributed by atoms with Crippen LogP contribution in [0.5, 0.6) is 5.75 Å². The van der Waals surface area contributed by atoms with E-state index in [9.17, 15) is 5.26 Å². The van der Waals surface area contributed by atoms with E-state index in [2.05, 4.69) is 11.1 Å². The Balaban J connectivity index is 1.83. The maximum atomic E-state index is 9.58. The van der Waals surface area contributed by atoms with E-state index in [1.54, 1.807) is 0 Å². The molecule has 3 rings (SSSR count). The van der Waals surface area contributed by atoms with Crippen molar-refractivity contribution in [1.29, 1.82) is 5.26 Å². The van der Waals surface area contributed by atoms with E-state index in [1.165, 1.54) is 11.3 Å². The number of benzene rings is 2. The standard InChI is InChI=1S/C22H21N3OS/c1-4-26-20-11-7-17(8-12-20)21-15-27-22(24-21)18(14-23)13-16-5-9-19(10-6-16)25(2)3/h5-13,15H,4H2,1-3H3/b18-13-. The molecule has 0 aliphatic rings. The lowest BCUT2D eigenvalue weighted by atomic mass is 10.1. The van der Waals surface area contributed by atoms with Gasteiger partial charge in [-0.25, -0.2) is 4.98 Å². The van der Waals surface area contributed by atoms with Crippen LogP contribution >= 0.6 is 11.3 Å². The van der Waals surface area contributed by atoms with Gasteiger partial charge < -0.3 is 9.64 Å². The predicted octanol–water partition coefficient (Wildman–Crippen LogP) is 5.34. The molecule has 1 heterocycles. The van der Waals surface area contributed by atoms with Gasteiger partial charge in [-0.1, -0.05) is 12.1 Å². The second-order valence-electron chi connectivity index (χ2n) is 6.15. The first-order valence-electron chi connectivity index (χ1n) is 8.69. The van der Waals surface area contributed by atoms with Crippen LogP contribution in [0.15, 0.2) is 53.9 Å². The van der Waals surface area contributed by atoms with Crippen LogP contribution in [0.4, 0.5) is 5.69 Å². The van der Waals surface area contributed by atoms with Gasteiger partial charge in [-0.05, 0) is 55.0 Å². The molecule has 136 valence electrons. The van der Waals surface area contributed by atoms with Crippen molar-refractivity contribution in [2.24, 2.45) is 0 Å². The smallest absolute Gasteiger partial charge is 0.134 e. The van der Waals surface area contributed by atoms with E-state index in [0.29, 0.717) is 12.2 Å². The van der Waals surface area contributed by atoms with Crippen LogP contribution in [-0.4, -0.2) is 25.7 Å². The number of nitriles is 1. The van der Waals surface area contributed by atoms with Crippen LogP contribution in [0.25, 0.3) is 22.9 Å². The molecule has 0 unspecified atom stereocenters. The third-order valence-electron chi connectivity index (χ3n) is 4.04. The van der Waals surface area contributed by atoms with Crippen LogP contribution in [0.1, 0.15) is 17.5 Å². The molecular weight excluding hydrogens is 354 g/mol. The highest BCUT2D eigenvalue weighted by atomic mass is 32.1. The maximum Gasteiger partial charge on any atom is 0.134 e. The highest BCUT2D eigenvalue weighted by Crippen LogP contribution is 2.28. The summed E-state index contributed by atoms with van der Waals surface area (Å²) < 4.78 is 5.47. The first-order valence-corrected chi connectivity index (χ1v) is 9.57. The number of allylic oxidation sites excluding steroid dienone is 1. The van der Waals surface area contributed by atoms with E-state index in [4.69, 9.17) is 4.74 Å². The van der Waals surface area contributed by atoms with E-state index in [0.717, 1.165) is 33.3 Å². The van der Waals surface area contributed by atoms with Gasteiger partial charge in [0.05, 0.1) is 17.9 Å². The average molecular weight is 375 g/mol. The van der Waals surface area contributed by atoms with Crippen molar-refractivity contribution in [2.45, 2.75) is 6.92 Å². The van der Waals surface area contributed by atoms with Gasteiger partial charge in [0.2, 0.25) is 0 Å². The van der Waals surface area contributed by atoms with Crippen molar-refractivity contribution in [2.75, 3.05) is 25.6 Å². The Labute approximate surface area is 164 Å². The monoisotopic (exact) mass is 375 g/mol. The maximum absolute atomic E-state index is 9.58. The number of rotatable bonds is 6. The quantitative estimate of drug-likeness (QED) is 0.546. The van der Waals surface area contributed by atoms with Crippen LogP contribution in [0.2, 0.25) is 0 Å². The molecule has 0 radical (unpaired) electrons. The highest BCUT2D eigenvalue weighted by Gasteiger charge is 2.09. The minimum Gasteiger partial charge on any atom is -0.494 e. The van der Waals surface area contributed by atoms with Crippen LogP contribution in [0.3, 0.4) is 0 Å². The lowest BCUT2D eigenvalue weighted by Crippen LogP contribution is -2.07. The molecule has 0 spiro atoms. The number of anilines is 1. The third-order valence-corrected chi connectivity index (χ3v) is 4.91. The summed E-state index contributed by atoms with van der Waals surface area (Å²) in [4.78, 5) is 6.69. The van der Waals surface area contributed by atoms with E-state index in [1.807, 2.05) is 85.9 Å². The van der Waals surface area contributed by atoms with Gasteiger partial charge in [0.1, 0.15) is 16.8 Å². The van der Waals surface area contributed by atoms with Gasteiger partial charge in [-0.15, -0.1) is 11.3 Å². The largest absolute Gasteiger partial charge is 0.494 e. The number of nitrogens with zero attached hydrogens (tertiary/aromatic N) is 3. The van der Waals surface area contributed by atoms with E-state index in [-0.39, 0.29) is 0 Å². The Morgan fingerprint density at radius 2 is 1.85 bits per heavy atom. The molecule has 4 nitrogen and oxygen atoms in total. The molecule has 0 amide bonds. The molecule has 0 fully saturated rings. The zero-order valence-corrected chi connectivity index (χ0v) is 16.5. The van der Waals surface area contributed by atoms with Gasteiger partial charge in [0.25, 0.3) is 0 Å². The summed E-state index contributed by atoms with van der Waals surface area (Å²) in [7, 11) is 4.01. The Hall–Kier alpha value is -3.10. The number of hydrogen-bond donors (Lipinski definition) is 0. The second-order valence-corrected chi connectivity index (χ2v) is 7.01. The molecular formula is C22H21N3OS. The van der Waals surface area contributed by atoms with Gasteiger partial charge >= 0.3 is 0 Å². The van der Waals surface area contributed by atoms with E-state index >= 15 is 0 Å². The van der Waals surface area contributed by atoms with Crippen molar-refractivity contribution in [3.63, 3.8) is 0 Å². The summed E-state index contributed by atoms with van der Waals surface area (Å²) in [5.74, 6) is 0.843. The summed E-state index contributed by atoms with van der Waals surface area (Å²) in [5.41, 5.74) is 4.54. The minimum absolute atomic E-state index is 0.565. The second kappa shape index (κ2) is 8.52. The van der Waals surface area contributed by atoms with Crippen molar-refractivity contribution in [3.8, 4) is 23.1 Å². The first-order chi connectivity index (χ1) is 13.1. The van der Waals surface area contributed by atoms with E-state index < -0.39 is 0 Å². The summed E-state index contributed by atoms with van der Waals surface area (Å²) in [5, 5.41) is 12.3. The molecule has 0 saturated carbocycles. The topological polar surface area (TPSA) is 49.1 Å². The Morgan fingerprint density at radius 1 is 1.15 bits per heavy atom. The molecule has 0 N–H and O–H groups in total. The molecule has 0 saturated heterocycles. The van der Waals surface area contributed by atoms with Crippen molar-refractivity contribution in [3.05, 3.63) is 64.5 Å². The fraction of sp³-hybridized carbons (Fsp3) is 0.182. The molecule has 5 heteroatoms. The predicted molar refractivity (Wildman–Crippen MR) is 113 cm³/mol. The Bertz CT molecular complexity index is 964. The average Bonchev–Trinajstić information content (AvgIpc) is 3.17. The highest BCUT2D eigenvalue weighted by molar-refractivity contribution is 7.11. The molecule has 1 aromatic heterocycles. The third kappa shape index (κ3) is 4.55. The molecule has 0 aliphatic carbocycles. The van der Waals surface area contributed by atoms with Crippen molar-refractivity contribution < 1.29 is 4.74 Å². The van der Waals surface area contributed by atoms with Crippen molar-refractivity contribution in [1.82, 2.24) is 4.98 Å². The molecule has 0 bridgehead atoms.